The maximum atomic E-state index is 11.9. The third-order valence-electron chi connectivity index (χ3n) is 2.92. The van der Waals surface area contributed by atoms with Gasteiger partial charge < -0.3 is 4.90 Å². The van der Waals surface area contributed by atoms with Gasteiger partial charge in [-0.1, -0.05) is 26.0 Å². The molecule has 2 rings (SSSR count). The van der Waals surface area contributed by atoms with E-state index in [1.165, 1.54) is 5.56 Å². The van der Waals surface area contributed by atoms with Crippen LogP contribution < -0.4 is 0 Å². The van der Waals surface area contributed by atoms with Gasteiger partial charge in [0.05, 0.1) is 0 Å². The molecular weight excluding hydrogens is 186 g/mol. The summed E-state index contributed by atoms with van der Waals surface area (Å²) in [5.74, 6) is 0.648. The quantitative estimate of drug-likeness (QED) is 0.677. The van der Waals surface area contributed by atoms with Crippen molar-refractivity contribution in [1.82, 2.24) is 4.90 Å². The zero-order valence-electron chi connectivity index (χ0n) is 9.53. The van der Waals surface area contributed by atoms with E-state index in [9.17, 15) is 4.79 Å². The third-order valence-corrected chi connectivity index (χ3v) is 2.92. The van der Waals surface area contributed by atoms with Gasteiger partial charge in [-0.25, -0.2) is 0 Å². The second-order valence-corrected chi connectivity index (χ2v) is 4.59. The summed E-state index contributed by atoms with van der Waals surface area (Å²) in [6.07, 6.45) is 0. The van der Waals surface area contributed by atoms with Crippen molar-refractivity contribution in [2.45, 2.75) is 32.7 Å². The van der Waals surface area contributed by atoms with Crippen LogP contribution in [-0.2, 0) is 0 Å². The van der Waals surface area contributed by atoms with Gasteiger partial charge in [0, 0.05) is 18.2 Å². The highest BCUT2D eigenvalue weighted by Crippen LogP contribution is 2.22. The molecule has 0 radical (unpaired) electrons. The summed E-state index contributed by atoms with van der Waals surface area (Å²) in [5.41, 5.74) is 2.06. The minimum absolute atomic E-state index is 0.171. The highest BCUT2D eigenvalue weighted by Gasteiger charge is 2.34. The molecule has 0 aliphatic carbocycles. The van der Waals surface area contributed by atoms with Gasteiger partial charge in [0.1, 0.15) is 0 Å². The zero-order chi connectivity index (χ0) is 11.0. The monoisotopic (exact) mass is 203 g/mol. The number of hydrogen-bond donors (Lipinski definition) is 0. The fourth-order valence-electron chi connectivity index (χ4n) is 1.72. The first-order chi connectivity index (χ1) is 7.09. The van der Waals surface area contributed by atoms with Crippen LogP contribution in [0.25, 0.3) is 0 Å². The highest BCUT2D eigenvalue weighted by molar-refractivity contribution is 5.96. The molecule has 80 valence electrons. The smallest absolute Gasteiger partial charge is 0.254 e. The lowest BCUT2D eigenvalue weighted by Crippen LogP contribution is -2.12. The van der Waals surface area contributed by atoms with Crippen LogP contribution in [0.5, 0.6) is 0 Å². The average Bonchev–Trinajstić information content (AvgIpc) is 2.94. The number of rotatable bonds is 2. The predicted octanol–water partition coefficient (Wildman–Crippen LogP) is 2.65. The van der Waals surface area contributed by atoms with Crippen LogP contribution in [0.15, 0.2) is 24.3 Å². The van der Waals surface area contributed by atoms with E-state index in [4.69, 9.17) is 0 Å². The summed E-state index contributed by atoms with van der Waals surface area (Å²) >= 11 is 0. The third kappa shape index (κ3) is 2.04. The molecule has 15 heavy (non-hydrogen) atoms. The first-order valence-corrected chi connectivity index (χ1v) is 5.50. The molecule has 1 amide bonds. The summed E-state index contributed by atoms with van der Waals surface area (Å²) in [5, 5.41) is 0. The van der Waals surface area contributed by atoms with E-state index in [1.54, 1.807) is 0 Å². The van der Waals surface area contributed by atoms with Crippen molar-refractivity contribution in [2.24, 2.45) is 0 Å². The van der Waals surface area contributed by atoms with Gasteiger partial charge in [0.15, 0.2) is 0 Å². The van der Waals surface area contributed by atoms with Crippen molar-refractivity contribution >= 4 is 5.91 Å². The lowest BCUT2D eigenvalue weighted by atomic mass is 10.0. The van der Waals surface area contributed by atoms with Crippen molar-refractivity contribution in [3.63, 3.8) is 0 Å². The van der Waals surface area contributed by atoms with Gasteiger partial charge in [0.2, 0.25) is 0 Å². The van der Waals surface area contributed by atoms with Gasteiger partial charge >= 0.3 is 0 Å². The van der Waals surface area contributed by atoms with Gasteiger partial charge in [-0.3, -0.25) is 4.79 Å². The molecule has 1 saturated heterocycles. The Morgan fingerprint density at radius 3 is 2.67 bits per heavy atom. The van der Waals surface area contributed by atoms with Crippen LogP contribution in [0.3, 0.4) is 0 Å². The van der Waals surface area contributed by atoms with Crippen molar-refractivity contribution in [3.05, 3.63) is 35.4 Å². The Morgan fingerprint density at radius 2 is 2.13 bits per heavy atom. The summed E-state index contributed by atoms with van der Waals surface area (Å²) in [6.45, 7) is 7.27. The van der Waals surface area contributed by atoms with Crippen molar-refractivity contribution < 1.29 is 4.79 Å². The van der Waals surface area contributed by atoms with Crippen molar-refractivity contribution in [1.29, 1.82) is 0 Å². The normalized spacial score (nSPS) is 19.5. The van der Waals surface area contributed by atoms with Gasteiger partial charge in [-0.05, 0) is 30.5 Å². The minimum atomic E-state index is 0.171. The fraction of sp³-hybridized carbons (Fsp3) is 0.462. The van der Waals surface area contributed by atoms with Crippen LogP contribution >= 0.6 is 0 Å². The predicted molar refractivity (Wildman–Crippen MR) is 61.0 cm³/mol. The molecule has 0 saturated carbocycles. The van der Waals surface area contributed by atoms with Crippen LogP contribution in [0, 0.1) is 0 Å². The Bertz CT molecular complexity index is 384. The molecule has 0 N–H and O–H groups in total. The molecule has 0 bridgehead atoms. The molecule has 2 heteroatoms. The lowest BCUT2D eigenvalue weighted by molar-refractivity contribution is 0.0876. The molecule has 2 nitrogen and oxygen atoms in total. The van der Waals surface area contributed by atoms with E-state index in [1.807, 2.05) is 23.1 Å². The molecule has 0 unspecified atom stereocenters. The molecule has 0 aromatic heterocycles. The largest absolute Gasteiger partial charge is 0.332 e. The summed E-state index contributed by atoms with van der Waals surface area (Å²) in [7, 11) is 0. The second-order valence-electron chi connectivity index (χ2n) is 4.59. The van der Waals surface area contributed by atoms with Crippen LogP contribution in [-0.4, -0.2) is 23.4 Å². The van der Waals surface area contributed by atoms with E-state index >= 15 is 0 Å². The van der Waals surface area contributed by atoms with Gasteiger partial charge in [0.25, 0.3) is 5.91 Å². The molecule has 1 heterocycles. The molecule has 1 fully saturated rings. The van der Waals surface area contributed by atoms with E-state index in [2.05, 4.69) is 26.8 Å². The number of carbonyl (C=O) groups is 1. The van der Waals surface area contributed by atoms with E-state index in [0.717, 1.165) is 12.1 Å². The molecular formula is C13H17NO. The standard InChI is InChI=1S/C13H17NO/c1-9(2)11-5-4-6-12(7-11)13(15)14-8-10(14)3/h4-7,9-10H,8H2,1-3H3/t10-,14?/m1/s1. The molecule has 0 spiro atoms. The number of hydrogen-bond acceptors (Lipinski definition) is 1. The van der Waals surface area contributed by atoms with Crippen molar-refractivity contribution in [2.75, 3.05) is 6.54 Å². The number of carbonyl (C=O) groups excluding carboxylic acids is 1. The molecule has 1 aliphatic heterocycles. The van der Waals surface area contributed by atoms with E-state index in [0.29, 0.717) is 12.0 Å². The van der Waals surface area contributed by atoms with Crippen LogP contribution in [0.4, 0.5) is 0 Å². The highest BCUT2D eigenvalue weighted by atomic mass is 16.2. The first kappa shape index (κ1) is 10.2. The molecule has 1 aromatic carbocycles. The minimum Gasteiger partial charge on any atom is -0.332 e. The number of benzene rings is 1. The first-order valence-electron chi connectivity index (χ1n) is 5.50. The Morgan fingerprint density at radius 1 is 1.47 bits per heavy atom. The Labute approximate surface area is 90.9 Å². The SMILES string of the molecule is CC(C)c1cccc(C(=O)N2C[C@H]2C)c1. The summed E-state index contributed by atoms with van der Waals surface area (Å²) in [4.78, 5) is 13.8. The number of amides is 1. The molecule has 1 atom stereocenters. The maximum absolute atomic E-state index is 11.9. The molecule has 1 aromatic rings. The Hall–Kier alpha value is -1.31. The second kappa shape index (κ2) is 3.69. The summed E-state index contributed by atoms with van der Waals surface area (Å²) in [6, 6.07) is 8.39. The fourth-order valence-corrected chi connectivity index (χ4v) is 1.72. The Kier molecular flexibility index (Phi) is 2.51. The van der Waals surface area contributed by atoms with Gasteiger partial charge in [-0.2, -0.15) is 0 Å². The number of nitrogens with zero attached hydrogens (tertiary/aromatic N) is 1. The van der Waals surface area contributed by atoms with Crippen LogP contribution in [0.2, 0.25) is 0 Å². The lowest BCUT2D eigenvalue weighted by Gasteiger charge is -2.08. The zero-order valence-corrected chi connectivity index (χ0v) is 9.53. The molecule has 1 aliphatic rings. The Balaban J connectivity index is 2.21. The van der Waals surface area contributed by atoms with E-state index in [-0.39, 0.29) is 5.91 Å². The van der Waals surface area contributed by atoms with Gasteiger partial charge in [-0.15, -0.1) is 0 Å². The van der Waals surface area contributed by atoms with Crippen molar-refractivity contribution in [3.8, 4) is 0 Å². The van der Waals surface area contributed by atoms with E-state index < -0.39 is 0 Å². The topological polar surface area (TPSA) is 20.1 Å². The maximum Gasteiger partial charge on any atom is 0.254 e. The average molecular weight is 203 g/mol. The summed E-state index contributed by atoms with van der Waals surface area (Å²) < 4.78 is 0. The van der Waals surface area contributed by atoms with Crippen LogP contribution in [0.1, 0.15) is 42.6 Å².